The molecule has 0 spiro atoms. The Morgan fingerprint density at radius 2 is 2.33 bits per heavy atom. The van der Waals surface area contributed by atoms with E-state index in [0.717, 1.165) is 22.9 Å². The molecule has 2 heterocycles. The Hall–Kier alpha value is -1.56. The lowest BCUT2D eigenvalue weighted by atomic mass is 10.3. The van der Waals surface area contributed by atoms with Crippen LogP contribution in [0.25, 0.3) is 5.78 Å². The van der Waals surface area contributed by atoms with E-state index >= 15 is 0 Å². The number of nitrogens with one attached hydrogen (secondary N) is 1. The molecule has 6 heteroatoms. The van der Waals surface area contributed by atoms with Crippen LogP contribution in [0.2, 0.25) is 0 Å². The molecular formula is C12H16N3O2S+. The Labute approximate surface area is 109 Å². The number of aryl methyl sites for hydroxylation is 2. The molecule has 0 aliphatic carbocycles. The lowest BCUT2D eigenvalue weighted by Gasteiger charge is -2.02. The number of fused-ring (bicyclic) bond motifs is 1. The molecule has 0 aliphatic heterocycles. The molecule has 2 rings (SSSR count). The first-order chi connectivity index (χ1) is 8.47. The van der Waals surface area contributed by atoms with E-state index in [1.54, 1.807) is 6.92 Å². The largest absolute Gasteiger partial charge is 0.480 e. The fraction of sp³-hybridized carbons (Fsp3) is 0.417. The van der Waals surface area contributed by atoms with E-state index in [-0.39, 0.29) is 0 Å². The van der Waals surface area contributed by atoms with Gasteiger partial charge in [-0.15, -0.1) is 11.8 Å². The monoisotopic (exact) mass is 266 g/mol. The predicted molar refractivity (Wildman–Crippen MR) is 69.6 cm³/mol. The van der Waals surface area contributed by atoms with Gasteiger partial charge in [-0.05, 0) is 20.8 Å². The summed E-state index contributed by atoms with van der Waals surface area (Å²) in [6.07, 6.45) is 1.97. The van der Waals surface area contributed by atoms with E-state index in [2.05, 4.69) is 9.97 Å². The van der Waals surface area contributed by atoms with Gasteiger partial charge in [0, 0.05) is 6.07 Å². The van der Waals surface area contributed by atoms with Gasteiger partial charge in [-0.1, -0.05) is 4.98 Å². The number of carboxylic acid groups (broad SMARTS) is 1. The Morgan fingerprint density at radius 1 is 1.61 bits per heavy atom. The number of thioether (sulfide) groups is 1. The second-order valence-electron chi connectivity index (χ2n) is 4.30. The molecule has 1 atom stereocenters. The zero-order chi connectivity index (χ0) is 13.3. The molecule has 0 unspecified atom stereocenters. The molecule has 0 saturated heterocycles. The van der Waals surface area contributed by atoms with Gasteiger partial charge in [0.25, 0.3) is 0 Å². The summed E-state index contributed by atoms with van der Waals surface area (Å²) in [5.74, 6) is 0.648. The van der Waals surface area contributed by atoms with Crippen molar-refractivity contribution in [3.8, 4) is 0 Å². The van der Waals surface area contributed by atoms with Crippen LogP contribution >= 0.6 is 11.8 Å². The van der Waals surface area contributed by atoms with Crippen molar-refractivity contribution in [2.24, 2.45) is 0 Å². The number of carbonyl (C=O) groups is 1. The van der Waals surface area contributed by atoms with Crippen LogP contribution in [0.4, 0.5) is 0 Å². The van der Waals surface area contributed by atoms with Crippen molar-refractivity contribution < 1.29 is 14.3 Å². The molecule has 0 radical (unpaired) electrons. The predicted octanol–water partition coefficient (Wildman–Crippen LogP) is 1.47. The molecule has 0 fully saturated rings. The summed E-state index contributed by atoms with van der Waals surface area (Å²) in [6.45, 7) is 5.66. The minimum atomic E-state index is -0.783. The summed E-state index contributed by atoms with van der Waals surface area (Å²) in [5, 5.41) is 8.43. The Kier molecular flexibility index (Phi) is 3.56. The van der Waals surface area contributed by atoms with Crippen LogP contribution < -0.4 is 4.40 Å². The fourth-order valence-electron chi connectivity index (χ4n) is 1.73. The molecule has 0 bridgehead atoms. The molecule has 2 N–H and O–H groups in total. The number of nitrogens with zero attached hydrogens (tertiary/aromatic N) is 2. The maximum absolute atomic E-state index is 10.7. The van der Waals surface area contributed by atoms with Crippen molar-refractivity contribution in [1.82, 2.24) is 9.97 Å². The van der Waals surface area contributed by atoms with Gasteiger partial charge in [0.05, 0.1) is 16.7 Å². The third-order valence-electron chi connectivity index (χ3n) is 2.70. The molecule has 2 aromatic rings. The molecule has 0 amide bonds. The van der Waals surface area contributed by atoms with Gasteiger partial charge in [0.1, 0.15) is 17.6 Å². The lowest BCUT2D eigenvalue weighted by molar-refractivity contribution is -0.520. The number of carboxylic acids is 1. The minimum absolute atomic E-state index is 0.405. The number of rotatable bonds is 4. The normalized spacial score (nSPS) is 12.8. The van der Waals surface area contributed by atoms with E-state index in [0.29, 0.717) is 5.75 Å². The molecule has 2 aromatic heterocycles. The van der Waals surface area contributed by atoms with Gasteiger partial charge in [-0.2, -0.15) is 0 Å². The number of hydrogen-bond acceptors (Lipinski definition) is 3. The molecule has 5 nitrogen and oxygen atoms in total. The highest BCUT2D eigenvalue weighted by Gasteiger charge is 2.16. The van der Waals surface area contributed by atoms with Crippen LogP contribution in [0.3, 0.4) is 0 Å². The number of hydrogen-bond donors (Lipinski definition) is 2. The van der Waals surface area contributed by atoms with Crippen molar-refractivity contribution in [3.05, 3.63) is 29.3 Å². The number of aromatic nitrogens is 3. The zero-order valence-corrected chi connectivity index (χ0v) is 11.4. The lowest BCUT2D eigenvalue weighted by Crippen LogP contribution is -2.24. The SMILES string of the molecule is Cc1cc(C)[n+]2cc(CS[C@@H](C)C(=O)O)[nH]c2n1. The van der Waals surface area contributed by atoms with E-state index in [4.69, 9.17) is 5.11 Å². The Morgan fingerprint density at radius 3 is 3.00 bits per heavy atom. The first-order valence-corrected chi connectivity index (χ1v) is 6.74. The first kappa shape index (κ1) is 12.9. The number of aromatic amines is 1. The molecule has 0 aromatic carbocycles. The molecule has 0 saturated carbocycles. The van der Waals surface area contributed by atoms with Crippen molar-refractivity contribution in [3.63, 3.8) is 0 Å². The smallest absolute Gasteiger partial charge is 0.401 e. The third kappa shape index (κ3) is 2.64. The van der Waals surface area contributed by atoms with E-state index in [9.17, 15) is 4.79 Å². The van der Waals surface area contributed by atoms with E-state index in [1.165, 1.54) is 11.8 Å². The zero-order valence-electron chi connectivity index (χ0n) is 10.6. The summed E-state index contributed by atoms with van der Waals surface area (Å²) in [5.41, 5.74) is 3.05. The summed E-state index contributed by atoms with van der Waals surface area (Å²) in [4.78, 5) is 18.4. The second kappa shape index (κ2) is 4.97. The Balaban J connectivity index is 2.20. The minimum Gasteiger partial charge on any atom is -0.480 e. The fourth-order valence-corrected chi connectivity index (χ4v) is 2.45. The maximum atomic E-state index is 10.7. The third-order valence-corrected chi connectivity index (χ3v) is 3.88. The Bertz CT molecular complexity index is 594. The summed E-state index contributed by atoms with van der Waals surface area (Å²) in [7, 11) is 0. The average Bonchev–Trinajstić information content (AvgIpc) is 2.68. The summed E-state index contributed by atoms with van der Waals surface area (Å²) in [6, 6.07) is 2.01. The second-order valence-corrected chi connectivity index (χ2v) is 5.63. The number of aliphatic carboxylic acids is 1. The van der Waals surface area contributed by atoms with Gasteiger partial charge in [0.2, 0.25) is 0 Å². The average molecular weight is 266 g/mol. The highest BCUT2D eigenvalue weighted by molar-refractivity contribution is 7.99. The quantitative estimate of drug-likeness (QED) is 0.822. The van der Waals surface area contributed by atoms with Gasteiger partial charge in [-0.25, -0.2) is 9.38 Å². The standard InChI is InChI=1S/C12H15N3O2S/c1-7-4-8(2)15-5-10(14-12(15)13-7)6-18-9(3)11(16)17/h4-5,9H,6H2,1-3H3,(H,16,17)/p+1/t9-/m0/s1. The number of imidazole rings is 1. The van der Waals surface area contributed by atoms with Crippen molar-refractivity contribution in [2.45, 2.75) is 31.8 Å². The van der Waals surface area contributed by atoms with Crippen LogP contribution in [0.15, 0.2) is 12.3 Å². The molecule has 18 heavy (non-hydrogen) atoms. The van der Waals surface area contributed by atoms with Gasteiger partial charge in [-0.3, -0.25) is 4.79 Å². The number of H-pyrrole nitrogens is 1. The van der Waals surface area contributed by atoms with Crippen LogP contribution in [0, 0.1) is 13.8 Å². The maximum Gasteiger partial charge on any atom is 0.401 e. The summed E-state index contributed by atoms with van der Waals surface area (Å²) >= 11 is 1.39. The van der Waals surface area contributed by atoms with Crippen LogP contribution in [0.5, 0.6) is 0 Å². The van der Waals surface area contributed by atoms with Gasteiger partial charge in [0.15, 0.2) is 0 Å². The van der Waals surface area contributed by atoms with Crippen molar-refractivity contribution in [1.29, 1.82) is 0 Å². The highest BCUT2D eigenvalue weighted by Crippen LogP contribution is 2.16. The van der Waals surface area contributed by atoms with E-state index < -0.39 is 11.2 Å². The van der Waals surface area contributed by atoms with Crippen molar-refractivity contribution in [2.75, 3.05) is 0 Å². The topological polar surface area (TPSA) is 70.1 Å². The molecule has 0 aliphatic rings. The summed E-state index contributed by atoms with van der Waals surface area (Å²) < 4.78 is 1.98. The van der Waals surface area contributed by atoms with Crippen molar-refractivity contribution >= 4 is 23.5 Å². The van der Waals surface area contributed by atoms with Gasteiger partial charge >= 0.3 is 11.7 Å². The highest BCUT2D eigenvalue weighted by atomic mass is 32.2. The van der Waals surface area contributed by atoms with E-state index in [1.807, 2.05) is 30.5 Å². The molecule has 96 valence electrons. The first-order valence-electron chi connectivity index (χ1n) is 5.69. The van der Waals surface area contributed by atoms with Gasteiger partial charge < -0.3 is 5.11 Å². The van der Waals surface area contributed by atoms with Crippen LogP contribution in [-0.4, -0.2) is 26.3 Å². The van der Waals surface area contributed by atoms with Crippen LogP contribution in [-0.2, 0) is 10.5 Å². The van der Waals surface area contributed by atoms with Crippen LogP contribution in [0.1, 0.15) is 24.0 Å². The molecular weight excluding hydrogens is 250 g/mol.